The minimum absolute atomic E-state index is 0.0454. The zero-order valence-corrected chi connectivity index (χ0v) is 19.8. The van der Waals surface area contributed by atoms with Crippen molar-refractivity contribution in [1.82, 2.24) is 5.43 Å². The van der Waals surface area contributed by atoms with E-state index in [0.717, 1.165) is 15.4 Å². The van der Waals surface area contributed by atoms with Gasteiger partial charge in [0.05, 0.1) is 23.4 Å². The number of carbonyl (C=O) groups is 1. The first-order valence-electron chi connectivity index (χ1n) is 10.2. The van der Waals surface area contributed by atoms with Crippen LogP contribution in [0.25, 0.3) is 0 Å². The summed E-state index contributed by atoms with van der Waals surface area (Å²) < 4.78 is 33.2. The predicted molar refractivity (Wildman–Crippen MR) is 131 cm³/mol. The molecular formula is C24H24ClN3O4S. The number of hydrogen-bond acceptors (Lipinski definition) is 5. The van der Waals surface area contributed by atoms with Crippen molar-refractivity contribution in [1.29, 1.82) is 0 Å². The van der Waals surface area contributed by atoms with E-state index < -0.39 is 22.5 Å². The molecule has 3 rings (SSSR count). The Kier molecular flexibility index (Phi) is 8.08. The number of amides is 1. The molecule has 0 atom stereocenters. The van der Waals surface area contributed by atoms with Gasteiger partial charge in [-0.15, -0.1) is 0 Å². The Labute approximate surface area is 198 Å². The van der Waals surface area contributed by atoms with Crippen LogP contribution < -0.4 is 14.5 Å². The molecule has 3 aromatic rings. The van der Waals surface area contributed by atoms with E-state index in [0.29, 0.717) is 23.1 Å². The molecule has 0 aliphatic rings. The molecule has 3 aromatic carbocycles. The van der Waals surface area contributed by atoms with Gasteiger partial charge in [0, 0.05) is 5.02 Å². The maximum Gasteiger partial charge on any atom is 0.264 e. The van der Waals surface area contributed by atoms with Crippen molar-refractivity contribution in [2.45, 2.75) is 18.7 Å². The lowest BCUT2D eigenvalue weighted by molar-refractivity contribution is -0.119. The second kappa shape index (κ2) is 11.0. The normalized spacial score (nSPS) is 11.4. The Hall–Kier alpha value is -3.36. The summed E-state index contributed by atoms with van der Waals surface area (Å²) in [7, 11) is -4.03. The van der Waals surface area contributed by atoms with E-state index in [1.54, 1.807) is 60.7 Å². The molecule has 7 nitrogen and oxygen atoms in total. The molecule has 0 aliphatic heterocycles. The maximum absolute atomic E-state index is 13.4. The first-order chi connectivity index (χ1) is 15.8. The van der Waals surface area contributed by atoms with Crippen LogP contribution >= 0.6 is 11.6 Å². The van der Waals surface area contributed by atoms with Gasteiger partial charge in [0.25, 0.3) is 15.9 Å². The van der Waals surface area contributed by atoms with Gasteiger partial charge in [0.15, 0.2) is 0 Å². The third kappa shape index (κ3) is 6.57. The van der Waals surface area contributed by atoms with Gasteiger partial charge in [0.1, 0.15) is 12.3 Å². The van der Waals surface area contributed by atoms with Crippen molar-refractivity contribution in [3.63, 3.8) is 0 Å². The van der Waals surface area contributed by atoms with Crippen molar-refractivity contribution in [3.05, 3.63) is 88.9 Å². The topological polar surface area (TPSA) is 88.1 Å². The maximum atomic E-state index is 13.4. The standard InChI is InChI=1S/C24H24ClN3O4S/c1-3-32-22-12-14-23(15-13-22)33(30,31)28(21-10-4-18(2)5-11-21)17-24(29)27-26-16-19-6-8-20(25)9-7-19/h4-16H,3,17H2,1-2H3,(H,27,29)/b26-16-. The number of anilines is 1. The van der Waals surface area contributed by atoms with Gasteiger partial charge in [-0.25, -0.2) is 13.8 Å². The van der Waals surface area contributed by atoms with E-state index in [-0.39, 0.29) is 4.90 Å². The summed E-state index contributed by atoms with van der Waals surface area (Å²) in [6.07, 6.45) is 1.45. The van der Waals surface area contributed by atoms with Crippen LogP contribution in [0.4, 0.5) is 5.69 Å². The number of halogens is 1. The highest BCUT2D eigenvalue weighted by molar-refractivity contribution is 7.92. The molecule has 0 heterocycles. The van der Waals surface area contributed by atoms with E-state index in [4.69, 9.17) is 16.3 Å². The zero-order valence-electron chi connectivity index (χ0n) is 18.2. The summed E-state index contributed by atoms with van der Waals surface area (Å²) in [6.45, 7) is 3.76. The molecule has 172 valence electrons. The van der Waals surface area contributed by atoms with Crippen molar-refractivity contribution in [2.75, 3.05) is 17.5 Å². The SMILES string of the molecule is CCOc1ccc(S(=O)(=O)N(CC(=O)N/N=C\c2ccc(Cl)cc2)c2ccc(C)cc2)cc1. The van der Waals surface area contributed by atoms with E-state index >= 15 is 0 Å². The summed E-state index contributed by atoms with van der Waals surface area (Å²) in [6, 6.07) is 19.9. The molecule has 1 amide bonds. The van der Waals surface area contributed by atoms with Crippen LogP contribution in [0.1, 0.15) is 18.1 Å². The van der Waals surface area contributed by atoms with Crippen LogP contribution in [0.15, 0.2) is 82.8 Å². The van der Waals surface area contributed by atoms with E-state index in [1.807, 2.05) is 13.8 Å². The van der Waals surface area contributed by atoms with Crippen molar-refractivity contribution in [3.8, 4) is 5.75 Å². The fourth-order valence-corrected chi connectivity index (χ4v) is 4.47. The van der Waals surface area contributed by atoms with Crippen molar-refractivity contribution < 1.29 is 17.9 Å². The summed E-state index contributed by atoms with van der Waals surface area (Å²) in [5.74, 6) is -0.0251. The fourth-order valence-electron chi connectivity index (χ4n) is 2.92. The fraction of sp³-hybridized carbons (Fsp3) is 0.167. The van der Waals surface area contributed by atoms with Crippen LogP contribution in [0.5, 0.6) is 5.75 Å². The quantitative estimate of drug-likeness (QED) is 0.359. The van der Waals surface area contributed by atoms with Gasteiger partial charge in [-0.2, -0.15) is 5.10 Å². The van der Waals surface area contributed by atoms with E-state index in [1.165, 1.54) is 18.3 Å². The largest absolute Gasteiger partial charge is 0.494 e. The van der Waals surface area contributed by atoms with Gasteiger partial charge >= 0.3 is 0 Å². The summed E-state index contributed by atoms with van der Waals surface area (Å²) >= 11 is 5.86. The first kappa shape index (κ1) is 24.3. The highest BCUT2D eigenvalue weighted by Crippen LogP contribution is 2.25. The molecule has 0 fully saturated rings. The number of carbonyl (C=O) groups excluding carboxylic acids is 1. The second-order valence-electron chi connectivity index (χ2n) is 7.10. The van der Waals surface area contributed by atoms with Crippen molar-refractivity contribution in [2.24, 2.45) is 5.10 Å². The predicted octanol–water partition coefficient (Wildman–Crippen LogP) is 4.39. The number of hydrazone groups is 1. The van der Waals surface area contributed by atoms with Gasteiger partial charge < -0.3 is 4.74 Å². The molecule has 0 unspecified atom stereocenters. The average molecular weight is 486 g/mol. The molecule has 0 saturated carbocycles. The number of benzene rings is 3. The van der Waals surface area contributed by atoms with Gasteiger partial charge in [-0.1, -0.05) is 41.4 Å². The Morgan fingerprint density at radius 3 is 2.27 bits per heavy atom. The highest BCUT2D eigenvalue weighted by atomic mass is 35.5. The van der Waals surface area contributed by atoms with Crippen LogP contribution in [0.3, 0.4) is 0 Å². The number of nitrogens with zero attached hydrogens (tertiary/aromatic N) is 2. The number of hydrogen-bond donors (Lipinski definition) is 1. The zero-order chi connectivity index (χ0) is 23.8. The summed E-state index contributed by atoms with van der Waals surface area (Å²) in [4.78, 5) is 12.6. The lowest BCUT2D eigenvalue weighted by Gasteiger charge is -2.24. The summed E-state index contributed by atoms with van der Waals surface area (Å²) in [5.41, 5.74) is 4.45. The third-order valence-electron chi connectivity index (χ3n) is 4.60. The molecule has 0 saturated heterocycles. The van der Waals surface area contributed by atoms with E-state index in [2.05, 4.69) is 10.5 Å². The van der Waals surface area contributed by atoms with Gasteiger partial charge in [0.2, 0.25) is 0 Å². The number of aryl methyl sites for hydroxylation is 1. The molecule has 0 aromatic heterocycles. The summed E-state index contributed by atoms with van der Waals surface area (Å²) in [5, 5.41) is 4.50. The highest BCUT2D eigenvalue weighted by Gasteiger charge is 2.27. The van der Waals surface area contributed by atoms with Crippen LogP contribution in [0, 0.1) is 6.92 Å². The Morgan fingerprint density at radius 1 is 1.03 bits per heavy atom. The molecule has 0 radical (unpaired) electrons. The lowest BCUT2D eigenvalue weighted by Crippen LogP contribution is -2.39. The number of rotatable bonds is 9. The van der Waals surface area contributed by atoms with Crippen molar-refractivity contribution >= 4 is 39.4 Å². The molecule has 0 spiro atoms. The molecular weight excluding hydrogens is 462 g/mol. The van der Waals surface area contributed by atoms with Gasteiger partial charge in [-0.3, -0.25) is 9.10 Å². The number of sulfonamides is 1. The average Bonchev–Trinajstić information content (AvgIpc) is 2.80. The minimum Gasteiger partial charge on any atom is -0.494 e. The monoisotopic (exact) mass is 485 g/mol. The lowest BCUT2D eigenvalue weighted by atomic mass is 10.2. The molecule has 0 aliphatic carbocycles. The molecule has 33 heavy (non-hydrogen) atoms. The Bertz CT molecular complexity index is 1210. The van der Waals surface area contributed by atoms with Crippen LogP contribution in [-0.4, -0.2) is 33.7 Å². The Balaban J connectivity index is 1.82. The molecule has 9 heteroatoms. The second-order valence-corrected chi connectivity index (χ2v) is 9.40. The van der Waals surface area contributed by atoms with Crippen LogP contribution in [-0.2, 0) is 14.8 Å². The molecule has 1 N–H and O–H groups in total. The van der Waals surface area contributed by atoms with Gasteiger partial charge in [-0.05, 0) is 67.9 Å². The smallest absolute Gasteiger partial charge is 0.264 e. The third-order valence-corrected chi connectivity index (χ3v) is 6.64. The molecule has 0 bridgehead atoms. The number of ether oxygens (including phenoxy) is 1. The number of nitrogens with one attached hydrogen (secondary N) is 1. The Morgan fingerprint density at radius 2 is 1.67 bits per heavy atom. The van der Waals surface area contributed by atoms with Crippen LogP contribution in [0.2, 0.25) is 5.02 Å². The van der Waals surface area contributed by atoms with E-state index in [9.17, 15) is 13.2 Å². The first-order valence-corrected chi connectivity index (χ1v) is 12.0. The minimum atomic E-state index is -4.03.